The average molecular weight is 491 g/mol. The number of ketones is 1. The number of fused-ring (bicyclic) bond motifs is 8. The maximum absolute atomic E-state index is 12.9. The highest BCUT2D eigenvalue weighted by atomic mass is 28.4. The van der Waals surface area contributed by atoms with Gasteiger partial charge in [0.2, 0.25) is 0 Å². The SMILES string of the molecule is CC1C(=O)CC[C@]2(C)C3CC[C@@]4(C)C(CC[C@@H]4O[Si](C)(C)C(C)(C)C)C3[C@H]3OC(C)(C)O[C@@H]3C12. The first-order valence-corrected chi connectivity index (χ1v) is 17.0. The molecule has 4 saturated carbocycles. The molecule has 0 N–H and O–H groups in total. The number of ether oxygens (including phenoxy) is 2. The summed E-state index contributed by atoms with van der Waals surface area (Å²) >= 11 is 0. The van der Waals surface area contributed by atoms with E-state index < -0.39 is 14.1 Å². The molecule has 0 spiro atoms. The molecule has 194 valence electrons. The third kappa shape index (κ3) is 3.49. The van der Waals surface area contributed by atoms with Gasteiger partial charge in [-0.15, -0.1) is 0 Å². The first-order valence-electron chi connectivity index (χ1n) is 14.1. The maximum atomic E-state index is 12.9. The van der Waals surface area contributed by atoms with Gasteiger partial charge in [0.15, 0.2) is 14.1 Å². The van der Waals surface area contributed by atoms with Crippen molar-refractivity contribution in [1.29, 1.82) is 0 Å². The third-order valence-corrected chi connectivity index (χ3v) is 16.4. The van der Waals surface area contributed by atoms with Gasteiger partial charge in [-0.05, 0) is 92.7 Å². The summed E-state index contributed by atoms with van der Waals surface area (Å²) < 4.78 is 20.6. The quantitative estimate of drug-likeness (QED) is 0.392. The molecular formula is C29H50O4Si. The molecule has 0 bridgehead atoms. The zero-order valence-electron chi connectivity index (χ0n) is 23.5. The molecule has 0 amide bonds. The standard InChI is InChI=1S/C29H50O4Si/c1-17-20(30)14-16-29(8)19-13-15-28(7)18(11-12-21(28)33-34(9,10)26(2,3)4)22(19)24-25(23(17)29)32-27(5,6)31-24/h17-19,21-25H,11-16H2,1-10H3/t17?,18?,19?,21-,22?,23?,24+,25+,28-,29+/m0/s1. The number of carbonyl (C=O) groups excluding carboxylic acids is 1. The van der Waals surface area contributed by atoms with Gasteiger partial charge in [0.1, 0.15) is 5.78 Å². The first-order chi connectivity index (χ1) is 15.5. The van der Waals surface area contributed by atoms with Crippen LogP contribution in [0.25, 0.3) is 0 Å². The van der Waals surface area contributed by atoms with Crippen molar-refractivity contribution in [1.82, 2.24) is 0 Å². The molecule has 1 heterocycles. The van der Waals surface area contributed by atoms with Crippen molar-refractivity contribution in [2.45, 2.75) is 136 Å². The molecule has 5 fully saturated rings. The Labute approximate surface area is 209 Å². The molecule has 10 atom stereocenters. The van der Waals surface area contributed by atoms with E-state index in [0.717, 1.165) is 12.8 Å². The topological polar surface area (TPSA) is 44.8 Å². The van der Waals surface area contributed by atoms with Crippen LogP contribution in [-0.2, 0) is 18.7 Å². The van der Waals surface area contributed by atoms with Crippen LogP contribution in [0.15, 0.2) is 0 Å². The van der Waals surface area contributed by atoms with Crippen LogP contribution in [0.2, 0.25) is 18.1 Å². The lowest BCUT2D eigenvalue weighted by Crippen LogP contribution is -2.65. The van der Waals surface area contributed by atoms with Gasteiger partial charge in [-0.2, -0.15) is 0 Å². The molecule has 4 nitrogen and oxygen atoms in total. The van der Waals surface area contributed by atoms with Crippen LogP contribution in [0.5, 0.6) is 0 Å². The second kappa shape index (κ2) is 7.64. The second-order valence-electron chi connectivity index (χ2n) is 15.1. The number of rotatable bonds is 2. The molecule has 0 aromatic rings. The van der Waals surface area contributed by atoms with Crippen LogP contribution in [-0.4, -0.2) is 38.2 Å². The van der Waals surface area contributed by atoms with Crippen molar-refractivity contribution in [3.63, 3.8) is 0 Å². The van der Waals surface area contributed by atoms with Crippen molar-refractivity contribution in [3.05, 3.63) is 0 Å². The Morgan fingerprint density at radius 1 is 0.912 bits per heavy atom. The highest BCUT2D eigenvalue weighted by Crippen LogP contribution is 2.69. The number of hydrogen-bond donors (Lipinski definition) is 0. The molecule has 1 saturated heterocycles. The molecule has 34 heavy (non-hydrogen) atoms. The van der Waals surface area contributed by atoms with Crippen molar-refractivity contribution in [2.24, 2.45) is 40.4 Å². The van der Waals surface area contributed by atoms with E-state index in [-0.39, 0.29) is 39.9 Å². The van der Waals surface area contributed by atoms with Gasteiger partial charge < -0.3 is 13.9 Å². The van der Waals surface area contributed by atoms with E-state index in [4.69, 9.17) is 13.9 Å². The molecule has 5 aliphatic rings. The lowest BCUT2D eigenvalue weighted by molar-refractivity contribution is -0.194. The molecule has 0 aromatic carbocycles. The Morgan fingerprint density at radius 2 is 1.53 bits per heavy atom. The normalized spacial score (nSPS) is 50.4. The predicted octanol–water partition coefficient (Wildman–Crippen LogP) is 6.97. The van der Waals surface area contributed by atoms with Gasteiger partial charge in [0, 0.05) is 18.3 Å². The molecule has 4 aliphatic carbocycles. The van der Waals surface area contributed by atoms with Crippen LogP contribution in [0.4, 0.5) is 0 Å². The van der Waals surface area contributed by atoms with Crippen LogP contribution in [0.3, 0.4) is 0 Å². The fraction of sp³-hybridized carbons (Fsp3) is 0.966. The summed E-state index contributed by atoms with van der Waals surface area (Å²) in [5.74, 6) is 1.91. The summed E-state index contributed by atoms with van der Waals surface area (Å²) in [6, 6.07) is 0. The summed E-state index contributed by atoms with van der Waals surface area (Å²) in [5, 5.41) is 0.229. The van der Waals surface area contributed by atoms with Crippen molar-refractivity contribution in [2.75, 3.05) is 0 Å². The van der Waals surface area contributed by atoms with Crippen molar-refractivity contribution < 1.29 is 18.7 Å². The van der Waals surface area contributed by atoms with E-state index in [0.29, 0.717) is 29.6 Å². The number of hydrogen-bond acceptors (Lipinski definition) is 4. The van der Waals surface area contributed by atoms with Gasteiger partial charge in [0.05, 0.1) is 18.3 Å². The average Bonchev–Trinajstić information content (AvgIpc) is 3.19. The Kier molecular flexibility index (Phi) is 5.72. The van der Waals surface area contributed by atoms with E-state index in [2.05, 4.69) is 68.5 Å². The third-order valence-electron chi connectivity index (χ3n) is 12.0. The van der Waals surface area contributed by atoms with Crippen molar-refractivity contribution >= 4 is 14.1 Å². The van der Waals surface area contributed by atoms with Crippen LogP contribution >= 0.6 is 0 Å². The summed E-state index contributed by atoms with van der Waals surface area (Å²) in [6.07, 6.45) is 7.12. The number of carbonyl (C=O) groups is 1. The summed E-state index contributed by atoms with van der Waals surface area (Å²) in [4.78, 5) is 12.9. The summed E-state index contributed by atoms with van der Waals surface area (Å²) in [6.45, 7) is 23.3. The minimum absolute atomic E-state index is 0.0307. The Morgan fingerprint density at radius 3 is 2.18 bits per heavy atom. The van der Waals surface area contributed by atoms with E-state index in [1.54, 1.807) is 0 Å². The zero-order valence-corrected chi connectivity index (χ0v) is 24.5. The first kappa shape index (κ1) is 25.4. The van der Waals surface area contributed by atoms with Gasteiger partial charge in [-0.1, -0.05) is 41.5 Å². The van der Waals surface area contributed by atoms with Crippen LogP contribution < -0.4 is 0 Å². The van der Waals surface area contributed by atoms with Crippen LogP contribution in [0.1, 0.15) is 93.9 Å². The summed E-state index contributed by atoms with van der Waals surface area (Å²) in [7, 11) is -1.84. The largest absolute Gasteiger partial charge is 0.413 e. The smallest absolute Gasteiger partial charge is 0.192 e. The maximum Gasteiger partial charge on any atom is 0.192 e. The molecule has 5 rings (SSSR count). The van der Waals surface area contributed by atoms with Crippen LogP contribution in [0, 0.1) is 40.4 Å². The van der Waals surface area contributed by atoms with E-state index in [9.17, 15) is 4.79 Å². The minimum atomic E-state index is -1.84. The molecule has 5 heteroatoms. The summed E-state index contributed by atoms with van der Waals surface area (Å²) in [5.41, 5.74) is 0.360. The minimum Gasteiger partial charge on any atom is -0.413 e. The lowest BCUT2D eigenvalue weighted by Gasteiger charge is -2.63. The van der Waals surface area contributed by atoms with Gasteiger partial charge >= 0.3 is 0 Å². The van der Waals surface area contributed by atoms with Crippen molar-refractivity contribution in [3.8, 4) is 0 Å². The van der Waals surface area contributed by atoms with Gasteiger partial charge in [0.25, 0.3) is 0 Å². The van der Waals surface area contributed by atoms with Gasteiger partial charge in [-0.3, -0.25) is 4.79 Å². The molecule has 0 aromatic heterocycles. The Bertz CT molecular complexity index is 846. The fourth-order valence-corrected chi connectivity index (χ4v) is 10.6. The van der Waals surface area contributed by atoms with E-state index >= 15 is 0 Å². The highest BCUT2D eigenvalue weighted by Gasteiger charge is 2.70. The Hall–Kier alpha value is -0.233. The molecular weight excluding hydrogens is 440 g/mol. The highest BCUT2D eigenvalue weighted by molar-refractivity contribution is 6.74. The lowest BCUT2D eigenvalue weighted by atomic mass is 9.42. The van der Waals surface area contributed by atoms with E-state index in [1.807, 2.05) is 0 Å². The van der Waals surface area contributed by atoms with Gasteiger partial charge in [-0.25, -0.2) is 0 Å². The Balaban J connectivity index is 1.51. The zero-order chi connectivity index (χ0) is 25.1. The predicted molar refractivity (Wildman–Crippen MR) is 138 cm³/mol. The molecule has 5 unspecified atom stereocenters. The fourth-order valence-electron chi connectivity index (χ4n) is 9.14. The molecule has 1 aliphatic heterocycles. The monoisotopic (exact) mass is 490 g/mol. The second-order valence-corrected chi connectivity index (χ2v) is 19.9. The van der Waals surface area contributed by atoms with E-state index in [1.165, 1.54) is 25.7 Å². The number of Topliss-reactive ketones (excluding diaryl/α,β-unsaturated/α-hetero) is 1. The molecule has 0 radical (unpaired) electrons.